The van der Waals surface area contributed by atoms with Crippen molar-refractivity contribution in [3.63, 3.8) is 0 Å². The van der Waals surface area contributed by atoms with Crippen LogP contribution in [-0.2, 0) is 52.3 Å². The average molecular weight is 1210 g/mol. The quantitative estimate of drug-likeness (QED) is 0.125. The van der Waals surface area contributed by atoms with E-state index in [-0.39, 0.29) is 16.2 Å². The van der Waals surface area contributed by atoms with E-state index in [2.05, 4.69) is 275 Å². The lowest BCUT2D eigenvalue weighted by molar-refractivity contribution is 0.00835. The molecule has 0 radical (unpaired) electrons. The molecule has 1 saturated carbocycles. The molecule has 0 unspecified atom stereocenters. The molecule has 3 heteroatoms. The largest absolute Gasteiger partial charge is 0.492 e. The van der Waals surface area contributed by atoms with Crippen molar-refractivity contribution in [3.05, 3.63) is 171 Å². The van der Waals surface area contributed by atoms with Gasteiger partial charge in [-0.25, -0.2) is 0 Å². The molecule has 0 amide bonds. The first-order chi connectivity index (χ1) is 41.9. The highest BCUT2D eigenvalue weighted by molar-refractivity contribution is 6.02. The van der Waals surface area contributed by atoms with E-state index >= 15 is 0 Å². The highest BCUT2D eigenvalue weighted by Gasteiger charge is 2.49. The minimum absolute atomic E-state index is 0.0493. The third kappa shape index (κ3) is 14.7. The summed E-state index contributed by atoms with van der Waals surface area (Å²) in [7, 11) is 0. The SMILES string of the molecule is CC(C)C1(C(C)C)CC(=O)c2ccccc21.CC(C)C1(C(C)C)CCCCC1.CC(C)C1(C(C)C)CCc2ccccc21.CC(C)C1(C(C)C)COCc2ccccc21.CC(C)C1(C(C)C)COc2ccccc21.CC(C)C1(C(C)C)Cc2ccccc2C1. The van der Waals surface area contributed by atoms with Crippen molar-refractivity contribution in [1.82, 2.24) is 0 Å². The Kier molecular flexibility index (Phi) is 25.6. The Hall–Kier alpha value is -4.47. The standard InChI is InChI=1S/C15H22O.C15H20O.2C15H22.C14H20O.C12H24/c1-11(2)15(12(3)4)10-16-9-13-7-5-6-8-14(13)15;1-10(2)15(11(3)4)9-14(16)12-7-5-6-8-13(12)15;1-11(2)15(12(3)4)9-13-7-5-6-8-14(13)10-15;1-11(2)15(12(3)4)10-9-13-7-5-6-8-14(13)15;1-10(2)14(11(3)4)9-15-13-8-6-5-7-12(13)14;1-10(2)12(11(3)4)8-6-5-7-9-12/h5-8,11-12H,9-10H2,1-4H3;5-8,10-11H,9H2,1-4H3;2*5-8,11-12H,9-10H2,1-4H3;5-8,10-11H,9H2,1-4H3;10-11H,5-9H2,1-4H3. The Bertz CT molecular complexity index is 2830. The van der Waals surface area contributed by atoms with Crippen LogP contribution in [0.4, 0.5) is 0 Å². The van der Waals surface area contributed by atoms with Crippen molar-refractivity contribution in [2.24, 2.45) is 81.8 Å². The molecule has 6 aliphatic rings. The number of ketones is 1. The fourth-order valence-electron chi connectivity index (χ4n) is 19.0. The van der Waals surface area contributed by atoms with Crippen LogP contribution in [0, 0.1) is 81.8 Å². The second-order valence-electron chi connectivity index (χ2n) is 32.4. The van der Waals surface area contributed by atoms with Crippen molar-refractivity contribution < 1.29 is 14.3 Å². The molecule has 3 nitrogen and oxygen atoms in total. The Balaban J connectivity index is 0.000000171. The fraction of sp³-hybridized carbons (Fsp3) is 0.640. The van der Waals surface area contributed by atoms with Gasteiger partial charge in [0.05, 0.1) is 19.8 Å². The normalized spacial score (nSPS) is 19.1. The number of para-hydroxylation sites is 1. The minimum Gasteiger partial charge on any atom is -0.492 e. The van der Waals surface area contributed by atoms with Crippen molar-refractivity contribution >= 4 is 5.78 Å². The summed E-state index contributed by atoms with van der Waals surface area (Å²) in [5.41, 5.74) is 14.9. The molecule has 2 heterocycles. The molecular formula is C86H130O3. The summed E-state index contributed by atoms with van der Waals surface area (Å²) in [5.74, 6) is 9.59. The van der Waals surface area contributed by atoms with Crippen LogP contribution in [0.5, 0.6) is 5.75 Å². The molecule has 89 heavy (non-hydrogen) atoms. The highest BCUT2D eigenvalue weighted by atomic mass is 16.5. The maximum atomic E-state index is 12.1. The zero-order valence-electron chi connectivity index (χ0n) is 61.4. The zero-order chi connectivity index (χ0) is 66.0. The Morgan fingerprint density at radius 2 is 0.685 bits per heavy atom. The molecule has 4 aliphatic carbocycles. The van der Waals surface area contributed by atoms with Gasteiger partial charge in [0, 0.05) is 39.2 Å². The summed E-state index contributed by atoms with van der Waals surface area (Å²) in [5, 5.41) is 0. The van der Waals surface area contributed by atoms with Gasteiger partial charge in [0.15, 0.2) is 5.78 Å². The van der Waals surface area contributed by atoms with Gasteiger partial charge >= 0.3 is 0 Å². The number of ether oxygens (including phenoxy) is 2. The number of carbonyl (C=O) groups is 1. The van der Waals surface area contributed by atoms with E-state index in [0.717, 1.165) is 66.6 Å². The predicted octanol–water partition coefficient (Wildman–Crippen LogP) is 23.7. The van der Waals surface area contributed by atoms with E-state index in [0.29, 0.717) is 64.0 Å². The van der Waals surface area contributed by atoms with Gasteiger partial charge in [0.25, 0.3) is 0 Å². The summed E-state index contributed by atoms with van der Waals surface area (Å²) in [4.78, 5) is 12.1. The van der Waals surface area contributed by atoms with Gasteiger partial charge in [-0.05, 0) is 165 Å². The van der Waals surface area contributed by atoms with E-state index in [1.54, 1.807) is 22.3 Å². The van der Waals surface area contributed by atoms with Crippen molar-refractivity contribution in [2.75, 3.05) is 13.2 Å². The van der Waals surface area contributed by atoms with Gasteiger partial charge in [-0.1, -0.05) is 301 Å². The molecule has 1 fully saturated rings. The van der Waals surface area contributed by atoms with Crippen molar-refractivity contribution in [1.29, 1.82) is 0 Å². The first-order valence-electron chi connectivity index (χ1n) is 36.1. The smallest absolute Gasteiger partial charge is 0.164 e. The van der Waals surface area contributed by atoms with Crippen LogP contribution >= 0.6 is 0 Å². The van der Waals surface area contributed by atoms with E-state index in [4.69, 9.17) is 9.47 Å². The number of benzene rings is 5. The average Bonchev–Trinajstić information content (AvgIpc) is 1.82. The topological polar surface area (TPSA) is 35.5 Å². The van der Waals surface area contributed by atoms with E-state index < -0.39 is 0 Å². The minimum atomic E-state index is 0.0493. The van der Waals surface area contributed by atoms with Crippen LogP contribution < -0.4 is 4.74 Å². The lowest BCUT2D eigenvalue weighted by Crippen LogP contribution is -2.45. The first kappa shape index (κ1) is 73.6. The van der Waals surface area contributed by atoms with E-state index in [1.807, 2.05) is 12.1 Å². The van der Waals surface area contributed by atoms with Gasteiger partial charge in [-0.3, -0.25) is 4.79 Å². The van der Waals surface area contributed by atoms with Crippen LogP contribution in [0.15, 0.2) is 121 Å². The lowest BCUT2D eigenvalue weighted by Gasteiger charge is -2.45. The van der Waals surface area contributed by atoms with Crippen LogP contribution in [-0.4, -0.2) is 19.0 Å². The molecule has 11 rings (SSSR count). The van der Waals surface area contributed by atoms with Crippen LogP contribution in [0.3, 0.4) is 0 Å². The number of Topliss-reactive ketones (excluding diaryl/α,β-unsaturated/α-hetero) is 1. The predicted molar refractivity (Wildman–Crippen MR) is 385 cm³/mol. The number of aryl methyl sites for hydroxylation is 1. The molecule has 0 spiro atoms. The number of fused-ring (bicyclic) bond motifs is 5. The maximum absolute atomic E-state index is 12.1. The fourth-order valence-corrected chi connectivity index (χ4v) is 19.0. The molecule has 2 aliphatic heterocycles. The van der Waals surface area contributed by atoms with E-state index in [1.165, 1.54) is 80.0 Å². The van der Waals surface area contributed by atoms with Gasteiger partial charge in [0.2, 0.25) is 0 Å². The summed E-state index contributed by atoms with van der Waals surface area (Å²) in [6.07, 6.45) is 13.2. The van der Waals surface area contributed by atoms with Crippen molar-refractivity contribution in [2.45, 2.75) is 259 Å². The number of hydrogen-bond donors (Lipinski definition) is 0. The molecule has 5 aromatic carbocycles. The molecule has 0 N–H and O–H groups in total. The Labute approximate surface area is 547 Å². The molecule has 0 bridgehead atoms. The summed E-state index contributed by atoms with van der Waals surface area (Å²) >= 11 is 0. The molecule has 0 saturated heterocycles. The first-order valence-corrected chi connectivity index (χ1v) is 36.1. The van der Waals surface area contributed by atoms with Gasteiger partial charge < -0.3 is 9.47 Å². The van der Waals surface area contributed by atoms with Crippen LogP contribution in [0.25, 0.3) is 0 Å². The molecule has 0 atom stereocenters. The summed E-state index contributed by atoms with van der Waals surface area (Å²) in [6, 6.07) is 43.4. The second kappa shape index (κ2) is 31.0. The highest BCUT2D eigenvalue weighted by Crippen LogP contribution is 2.53. The summed E-state index contributed by atoms with van der Waals surface area (Å²) in [6.45, 7) is 58.5. The lowest BCUT2D eigenvalue weighted by atomic mass is 9.61. The van der Waals surface area contributed by atoms with Gasteiger partial charge in [0.1, 0.15) is 5.75 Å². The van der Waals surface area contributed by atoms with Gasteiger partial charge in [-0.2, -0.15) is 0 Å². The third-order valence-electron chi connectivity index (χ3n) is 25.3. The zero-order valence-corrected chi connectivity index (χ0v) is 61.4. The monoisotopic (exact) mass is 1210 g/mol. The van der Waals surface area contributed by atoms with Crippen LogP contribution in [0.1, 0.15) is 266 Å². The Morgan fingerprint density at radius 1 is 0.315 bits per heavy atom. The number of carbonyl (C=O) groups excluding carboxylic acids is 1. The molecule has 492 valence electrons. The number of hydrogen-bond acceptors (Lipinski definition) is 3. The van der Waals surface area contributed by atoms with E-state index in [9.17, 15) is 4.79 Å². The maximum Gasteiger partial charge on any atom is 0.164 e. The van der Waals surface area contributed by atoms with Crippen LogP contribution in [0.2, 0.25) is 0 Å². The molecule has 5 aromatic rings. The Morgan fingerprint density at radius 3 is 1.12 bits per heavy atom. The van der Waals surface area contributed by atoms with Gasteiger partial charge in [-0.15, -0.1) is 0 Å². The molecular weight excluding hydrogens is 1080 g/mol. The second-order valence-corrected chi connectivity index (χ2v) is 32.4. The third-order valence-corrected chi connectivity index (χ3v) is 25.3. The summed E-state index contributed by atoms with van der Waals surface area (Å²) < 4.78 is 11.7. The molecule has 0 aromatic heterocycles. The van der Waals surface area contributed by atoms with Crippen molar-refractivity contribution in [3.8, 4) is 5.75 Å². The number of rotatable bonds is 12.